The molecule has 4 heteroatoms. The molecular weight excluding hydrogens is 188 g/mol. The molecule has 0 aliphatic heterocycles. The van der Waals surface area contributed by atoms with Crippen LogP contribution in [0.1, 0.15) is 42.5 Å². The first kappa shape index (κ1) is 10.3. The average Bonchev–Trinajstić information content (AvgIpc) is 2.42. The molecule has 0 aliphatic carbocycles. The fourth-order valence-corrected chi connectivity index (χ4v) is 1.33. The third-order valence-electron chi connectivity index (χ3n) is 2.17. The Morgan fingerprint density at radius 2 is 2.31 bits per heavy atom. The summed E-state index contributed by atoms with van der Waals surface area (Å²) in [6, 6.07) is 0.214. The fourth-order valence-electron chi connectivity index (χ4n) is 1.16. The lowest BCUT2D eigenvalue weighted by Gasteiger charge is -2.10. The highest BCUT2D eigenvalue weighted by Gasteiger charge is 2.15. The number of aryl methyl sites for hydroxylation is 1. The van der Waals surface area contributed by atoms with Gasteiger partial charge in [-0.05, 0) is 20.3 Å². The second-order valence-corrected chi connectivity index (χ2v) is 3.48. The molecule has 0 saturated heterocycles. The molecule has 1 aromatic heterocycles. The van der Waals surface area contributed by atoms with Gasteiger partial charge in [0, 0.05) is 6.04 Å². The van der Waals surface area contributed by atoms with Crippen molar-refractivity contribution in [2.75, 3.05) is 0 Å². The number of aromatic nitrogens is 2. The first-order valence-corrected chi connectivity index (χ1v) is 4.69. The van der Waals surface area contributed by atoms with Crippen molar-refractivity contribution in [3.63, 3.8) is 0 Å². The van der Waals surface area contributed by atoms with Crippen LogP contribution in [0.4, 0.5) is 0 Å². The summed E-state index contributed by atoms with van der Waals surface area (Å²) in [7, 11) is 0. The van der Waals surface area contributed by atoms with Crippen LogP contribution in [-0.4, -0.2) is 16.1 Å². The monoisotopic (exact) mass is 200 g/mol. The molecule has 0 saturated carbocycles. The molecule has 0 N–H and O–H groups in total. The number of nitrogens with zero attached hydrogens (tertiary/aromatic N) is 2. The number of carbonyl (C=O) groups excluding carboxylic acids is 1. The Morgan fingerprint density at radius 3 is 2.77 bits per heavy atom. The first-order chi connectivity index (χ1) is 6.11. The highest BCUT2D eigenvalue weighted by atomic mass is 35.5. The van der Waals surface area contributed by atoms with Crippen molar-refractivity contribution in [2.45, 2.75) is 33.2 Å². The maximum absolute atomic E-state index is 10.7. The van der Waals surface area contributed by atoms with E-state index in [1.165, 1.54) is 0 Å². The molecule has 0 spiro atoms. The summed E-state index contributed by atoms with van der Waals surface area (Å²) >= 11 is 5.90. The summed E-state index contributed by atoms with van der Waals surface area (Å²) in [4.78, 5) is 10.7. The Bertz CT molecular complexity index is 320. The maximum atomic E-state index is 10.7. The lowest BCUT2D eigenvalue weighted by molar-refractivity contribution is 0.111. The third kappa shape index (κ3) is 1.75. The Morgan fingerprint density at radius 1 is 1.69 bits per heavy atom. The molecule has 0 unspecified atom stereocenters. The molecule has 1 heterocycles. The lowest BCUT2D eigenvalue weighted by Crippen LogP contribution is -2.09. The van der Waals surface area contributed by atoms with Gasteiger partial charge in [0.15, 0.2) is 6.29 Å². The number of carbonyl (C=O) groups is 1. The van der Waals surface area contributed by atoms with Gasteiger partial charge in [-0.15, -0.1) is 0 Å². The van der Waals surface area contributed by atoms with Crippen LogP contribution in [0.3, 0.4) is 0 Å². The van der Waals surface area contributed by atoms with E-state index in [0.717, 1.165) is 12.7 Å². The van der Waals surface area contributed by atoms with Crippen LogP contribution < -0.4 is 0 Å². The van der Waals surface area contributed by atoms with Gasteiger partial charge in [-0.1, -0.05) is 18.5 Å². The van der Waals surface area contributed by atoms with E-state index in [1.54, 1.807) is 11.6 Å². The summed E-state index contributed by atoms with van der Waals surface area (Å²) in [5, 5.41) is 4.67. The number of aldehydes is 1. The summed E-state index contributed by atoms with van der Waals surface area (Å²) in [5.41, 5.74) is 1.19. The Balaban J connectivity index is 3.20. The fraction of sp³-hybridized carbons (Fsp3) is 0.556. The van der Waals surface area contributed by atoms with Gasteiger partial charge in [-0.3, -0.25) is 9.48 Å². The minimum Gasteiger partial charge on any atom is -0.296 e. The Kier molecular flexibility index (Phi) is 3.09. The van der Waals surface area contributed by atoms with Crippen LogP contribution in [0.5, 0.6) is 0 Å². The molecule has 1 atom stereocenters. The van der Waals surface area contributed by atoms with Crippen molar-refractivity contribution in [1.29, 1.82) is 0 Å². The van der Waals surface area contributed by atoms with Crippen LogP contribution >= 0.6 is 11.6 Å². The number of halogens is 1. The van der Waals surface area contributed by atoms with Crippen LogP contribution in [0.2, 0.25) is 5.02 Å². The summed E-state index contributed by atoms with van der Waals surface area (Å²) in [6.07, 6.45) is 1.69. The van der Waals surface area contributed by atoms with Crippen molar-refractivity contribution < 1.29 is 4.79 Å². The van der Waals surface area contributed by atoms with Gasteiger partial charge in [0.2, 0.25) is 0 Å². The highest BCUT2D eigenvalue weighted by molar-refractivity contribution is 6.33. The number of rotatable bonds is 3. The molecule has 13 heavy (non-hydrogen) atoms. The first-order valence-electron chi connectivity index (χ1n) is 4.31. The molecule has 0 amide bonds. The van der Waals surface area contributed by atoms with E-state index < -0.39 is 0 Å². The van der Waals surface area contributed by atoms with E-state index in [0.29, 0.717) is 16.4 Å². The molecule has 0 aromatic carbocycles. The number of hydrogen-bond donors (Lipinski definition) is 0. The van der Waals surface area contributed by atoms with Gasteiger partial charge < -0.3 is 0 Å². The van der Waals surface area contributed by atoms with E-state index in [1.807, 2.05) is 13.8 Å². The van der Waals surface area contributed by atoms with Gasteiger partial charge in [0.05, 0.1) is 10.7 Å². The van der Waals surface area contributed by atoms with Gasteiger partial charge in [0.1, 0.15) is 5.69 Å². The summed E-state index contributed by atoms with van der Waals surface area (Å²) < 4.78 is 1.69. The second-order valence-electron chi connectivity index (χ2n) is 3.10. The average molecular weight is 201 g/mol. The number of hydrogen-bond acceptors (Lipinski definition) is 2. The molecule has 0 aliphatic rings. The maximum Gasteiger partial charge on any atom is 0.169 e. The van der Waals surface area contributed by atoms with E-state index >= 15 is 0 Å². The van der Waals surface area contributed by atoms with Crippen LogP contribution in [0, 0.1) is 6.92 Å². The van der Waals surface area contributed by atoms with Crippen molar-refractivity contribution in [1.82, 2.24) is 9.78 Å². The molecule has 0 radical (unpaired) electrons. The minimum absolute atomic E-state index is 0.214. The zero-order valence-electron chi connectivity index (χ0n) is 8.04. The molecule has 1 rings (SSSR count). The van der Waals surface area contributed by atoms with Crippen molar-refractivity contribution in [3.05, 3.63) is 16.4 Å². The zero-order chi connectivity index (χ0) is 10.0. The quantitative estimate of drug-likeness (QED) is 0.704. The van der Waals surface area contributed by atoms with E-state index in [9.17, 15) is 4.79 Å². The molecule has 3 nitrogen and oxygen atoms in total. The predicted molar refractivity (Wildman–Crippen MR) is 52.4 cm³/mol. The minimum atomic E-state index is 0.214. The largest absolute Gasteiger partial charge is 0.296 e. The zero-order valence-corrected chi connectivity index (χ0v) is 8.80. The molecule has 0 fully saturated rings. The molecule has 0 bridgehead atoms. The van der Waals surface area contributed by atoms with Crippen LogP contribution in [0.25, 0.3) is 0 Å². The van der Waals surface area contributed by atoms with E-state index in [-0.39, 0.29) is 6.04 Å². The topological polar surface area (TPSA) is 34.9 Å². The third-order valence-corrected chi connectivity index (χ3v) is 2.63. The van der Waals surface area contributed by atoms with Crippen LogP contribution in [0.15, 0.2) is 0 Å². The summed E-state index contributed by atoms with van der Waals surface area (Å²) in [5.74, 6) is 0. The Labute approximate surface area is 82.7 Å². The van der Waals surface area contributed by atoms with Crippen molar-refractivity contribution >= 4 is 17.9 Å². The second kappa shape index (κ2) is 3.92. The molecular formula is C9H13ClN2O. The van der Waals surface area contributed by atoms with Crippen molar-refractivity contribution in [2.24, 2.45) is 0 Å². The van der Waals surface area contributed by atoms with Crippen molar-refractivity contribution in [3.8, 4) is 0 Å². The van der Waals surface area contributed by atoms with E-state index in [2.05, 4.69) is 5.10 Å². The van der Waals surface area contributed by atoms with E-state index in [4.69, 9.17) is 11.6 Å². The van der Waals surface area contributed by atoms with Gasteiger partial charge >= 0.3 is 0 Å². The lowest BCUT2D eigenvalue weighted by atomic mass is 10.2. The highest BCUT2D eigenvalue weighted by Crippen LogP contribution is 2.22. The van der Waals surface area contributed by atoms with Gasteiger partial charge in [-0.25, -0.2) is 0 Å². The summed E-state index contributed by atoms with van der Waals surface area (Å²) in [6.45, 7) is 5.86. The molecule has 1 aromatic rings. The smallest absolute Gasteiger partial charge is 0.169 e. The van der Waals surface area contributed by atoms with Crippen LogP contribution in [-0.2, 0) is 0 Å². The Hall–Kier alpha value is -0.830. The SMILES string of the molecule is CC[C@H](C)n1nc(C)c(Cl)c1C=O. The predicted octanol–water partition coefficient (Wildman–Crippen LogP) is 2.63. The van der Waals surface area contributed by atoms with Gasteiger partial charge in [0.25, 0.3) is 0 Å². The molecule has 72 valence electrons. The standard InChI is InChI=1S/C9H13ClN2O/c1-4-6(2)12-8(5-13)9(10)7(3)11-12/h5-6H,4H2,1-3H3/t6-/m0/s1. The van der Waals surface area contributed by atoms with Gasteiger partial charge in [-0.2, -0.15) is 5.10 Å². The normalized spacial score (nSPS) is 12.9.